The third-order valence-electron chi connectivity index (χ3n) is 4.90. The average molecular weight is 404 g/mol. The lowest BCUT2D eigenvalue weighted by atomic mass is 10.1. The van der Waals surface area contributed by atoms with Crippen molar-refractivity contribution in [3.8, 4) is 5.75 Å². The first-order chi connectivity index (χ1) is 14.5. The summed E-state index contributed by atoms with van der Waals surface area (Å²) in [6, 6.07) is 16.4. The van der Waals surface area contributed by atoms with Crippen molar-refractivity contribution in [1.82, 2.24) is 5.32 Å². The topological polar surface area (TPSA) is 80.6 Å². The maximum Gasteiger partial charge on any atom is 0.291 e. The van der Waals surface area contributed by atoms with E-state index in [0.29, 0.717) is 23.1 Å². The summed E-state index contributed by atoms with van der Waals surface area (Å²) in [6.45, 7) is 4.26. The van der Waals surface area contributed by atoms with Crippen LogP contribution >= 0.6 is 0 Å². The van der Waals surface area contributed by atoms with Crippen LogP contribution in [0.5, 0.6) is 5.75 Å². The van der Waals surface area contributed by atoms with Crippen LogP contribution < -0.4 is 15.4 Å². The van der Waals surface area contributed by atoms with E-state index in [4.69, 9.17) is 9.15 Å². The first kappa shape index (κ1) is 19.8. The van der Waals surface area contributed by atoms with Crippen LogP contribution in [0.3, 0.4) is 0 Å². The Morgan fingerprint density at radius 3 is 2.47 bits per heavy atom. The summed E-state index contributed by atoms with van der Waals surface area (Å²) < 4.78 is 11.4. The summed E-state index contributed by atoms with van der Waals surface area (Å²) in [6.07, 6.45) is 2.08. The SMILES string of the molecule is Cc1ccc(OCc2ccc(C(=O)Nc3ccc(C(=O)NC4CC4)cc3)o2)c(C)c1. The van der Waals surface area contributed by atoms with Gasteiger partial charge < -0.3 is 19.8 Å². The van der Waals surface area contributed by atoms with Crippen molar-refractivity contribution in [2.24, 2.45) is 0 Å². The van der Waals surface area contributed by atoms with Gasteiger partial charge in [0, 0.05) is 17.3 Å². The monoisotopic (exact) mass is 404 g/mol. The zero-order valence-corrected chi connectivity index (χ0v) is 17.0. The number of carbonyl (C=O) groups excluding carboxylic acids is 2. The van der Waals surface area contributed by atoms with Gasteiger partial charge in [-0.1, -0.05) is 17.7 Å². The Morgan fingerprint density at radius 1 is 1.00 bits per heavy atom. The number of ether oxygens (including phenoxy) is 1. The lowest BCUT2D eigenvalue weighted by Gasteiger charge is -2.08. The first-order valence-electron chi connectivity index (χ1n) is 9.99. The third-order valence-corrected chi connectivity index (χ3v) is 4.90. The van der Waals surface area contributed by atoms with E-state index in [2.05, 4.69) is 16.7 Å². The number of anilines is 1. The van der Waals surface area contributed by atoms with E-state index in [1.54, 1.807) is 36.4 Å². The molecule has 0 spiro atoms. The molecular formula is C24H24N2O4. The third kappa shape index (κ3) is 4.89. The molecule has 2 amide bonds. The van der Waals surface area contributed by atoms with Crippen LogP contribution in [0.15, 0.2) is 59.0 Å². The molecule has 0 radical (unpaired) electrons. The normalized spacial score (nSPS) is 13.0. The van der Waals surface area contributed by atoms with Gasteiger partial charge in [0.2, 0.25) is 0 Å². The summed E-state index contributed by atoms with van der Waals surface area (Å²) in [4.78, 5) is 24.5. The highest BCUT2D eigenvalue weighted by Gasteiger charge is 2.23. The number of hydrogen-bond donors (Lipinski definition) is 2. The average Bonchev–Trinajstić information content (AvgIpc) is 3.41. The molecule has 0 bridgehead atoms. The molecule has 2 aromatic carbocycles. The Kier molecular flexibility index (Phi) is 5.57. The molecule has 0 saturated heterocycles. The number of amides is 2. The van der Waals surface area contributed by atoms with E-state index in [9.17, 15) is 9.59 Å². The van der Waals surface area contributed by atoms with Gasteiger partial charge in [0.1, 0.15) is 18.1 Å². The van der Waals surface area contributed by atoms with Gasteiger partial charge in [-0.25, -0.2) is 0 Å². The molecule has 4 rings (SSSR count). The summed E-state index contributed by atoms with van der Waals surface area (Å²) >= 11 is 0. The highest BCUT2D eigenvalue weighted by atomic mass is 16.5. The predicted octanol–water partition coefficient (Wildman–Crippen LogP) is 4.62. The van der Waals surface area contributed by atoms with Gasteiger partial charge in [0.05, 0.1) is 0 Å². The summed E-state index contributed by atoms with van der Waals surface area (Å²) in [7, 11) is 0. The molecule has 1 aliphatic carbocycles. The van der Waals surface area contributed by atoms with Gasteiger partial charge in [0.25, 0.3) is 11.8 Å². The molecule has 1 saturated carbocycles. The number of aryl methyl sites for hydroxylation is 2. The van der Waals surface area contributed by atoms with Crippen LogP contribution in [-0.4, -0.2) is 17.9 Å². The first-order valence-corrected chi connectivity index (χ1v) is 9.99. The number of rotatable bonds is 7. The minimum absolute atomic E-state index is 0.0881. The molecule has 3 aromatic rings. The van der Waals surface area contributed by atoms with E-state index in [0.717, 1.165) is 24.2 Å². The smallest absolute Gasteiger partial charge is 0.291 e. The molecule has 1 aliphatic rings. The number of hydrogen-bond acceptors (Lipinski definition) is 4. The van der Waals surface area contributed by atoms with E-state index in [-0.39, 0.29) is 24.2 Å². The van der Waals surface area contributed by atoms with Crippen LogP contribution in [0.2, 0.25) is 0 Å². The van der Waals surface area contributed by atoms with Crippen molar-refractivity contribution in [1.29, 1.82) is 0 Å². The summed E-state index contributed by atoms with van der Waals surface area (Å²) in [5.74, 6) is 1.10. The molecule has 1 fully saturated rings. The number of furan rings is 1. The molecule has 1 heterocycles. The zero-order chi connectivity index (χ0) is 21.1. The number of nitrogens with one attached hydrogen (secondary N) is 2. The van der Waals surface area contributed by atoms with E-state index < -0.39 is 0 Å². The molecule has 0 unspecified atom stereocenters. The van der Waals surface area contributed by atoms with Crippen LogP contribution in [0.4, 0.5) is 5.69 Å². The quantitative estimate of drug-likeness (QED) is 0.602. The second kappa shape index (κ2) is 8.45. The molecule has 2 N–H and O–H groups in total. The van der Waals surface area contributed by atoms with Gasteiger partial charge in [0.15, 0.2) is 5.76 Å². The summed E-state index contributed by atoms with van der Waals surface area (Å²) in [5, 5.41) is 5.71. The fourth-order valence-electron chi connectivity index (χ4n) is 3.08. The van der Waals surface area contributed by atoms with Gasteiger partial charge >= 0.3 is 0 Å². The fourth-order valence-corrected chi connectivity index (χ4v) is 3.08. The van der Waals surface area contributed by atoms with E-state index in [1.165, 1.54) is 5.56 Å². The Balaban J connectivity index is 1.32. The predicted molar refractivity (Wildman–Crippen MR) is 114 cm³/mol. The van der Waals surface area contributed by atoms with Crippen LogP contribution in [0.25, 0.3) is 0 Å². The minimum Gasteiger partial charge on any atom is -0.485 e. The van der Waals surface area contributed by atoms with Gasteiger partial charge in [-0.15, -0.1) is 0 Å². The maximum atomic E-state index is 12.4. The highest BCUT2D eigenvalue weighted by Crippen LogP contribution is 2.22. The molecule has 6 nitrogen and oxygen atoms in total. The molecule has 1 aromatic heterocycles. The van der Waals surface area contributed by atoms with Crippen molar-refractivity contribution in [2.75, 3.05) is 5.32 Å². The molecule has 6 heteroatoms. The standard InChI is InChI=1S/C24H24N2O4/c1-15-3-11-21(16(2)13-15)29-14-20-10-12-22(30-20)24(28)26-18-6-4-17(5-7-18)23(27)25-19-8-9-19/h3-7,10-13,19H,8-9,14H2,1-2H3,(H,25,27)(H,26,28). The lowest BCUT2D eigenvalue weighted by Crippen LogP contribution is -2.25. The zero-order valence-electron chi connectivity index (χ0n) is 17.0. The van der Waals surface area contributed by atoms with Gasteiger partial charge in [-0.05, 0) is 74.7 Å². The van der Waals surface area contributed by atoms with Gasteiger partial charge in [-0.2, -0.15) is 0 Å². The van der Waals surface area contributed by atoms with Crippen molar-refractivity contribution in [2.45, 2.75) is 39.3 Å². The van der Waals surface area contributed by atoms with E-state index >= 15 is 0 Å². The van der Waals surface area contributed by atoms with Crippen LogP contribution in [0, 0.1) is 13.8 Å². The lowest BCUT2D eigenvalue weighted by molar-refractivity contribution is 0.0950. The Morgan fingerprint density at radius 2 is 1.77 bits per heavy atom. The van der Waals surface area contributed by atoms with Crippen molar-refractivity contribution in [3.05, 3.63) is 82.8 Å². The second-order valence-electron chi connectivity index (χ2n) is 7.60. The number of carbonyl (C=O) groups is 2. The molecule has 154 valence electrons. The molecule has 0 atom stereocenters. The highest BCUT2D eigenvalue weighted by molar-refractivity contribution is 6.02. The fraction of sp³-hybridized carbons (Fsp3) is 0.250. The molecular weight excluding hydrogens is 380 g/mol. The molecule has 0 aliphatic heterocycles. The van der Waals surface area contributed by atoms with E-state index in [1.807, 2.05) is 26.0 Å². The Hall–Kier alpha value is -3.54. The largest absolute Gasteiger partial charge is 0.485 e. The minimum atomic E-state index is -0.358. The Labute approximate surface area is 175 Å². The van der Waals surface area contributed by atoms with Crippen LogP contribution in [-0.2, 0) is 6.61 Å². The molecule has 30 heavy (non-hydrogen) atoms. The van der Waals surface area contributed by atoms with Gasteiger partial charge in [-0.3, -0.25) is 9.59 Å². The van der Waals surface area contributed by atoms with Crippen molar-refractivity contribution < 1.29 is 18.7 Å². The van der Waals surface area contributed by atoms with Crippen molar-refractivity contribution in [3.63, 3.8) is 0 Å². The Bertz CT molecular complexity index is 1070. The summed E-state index contributed by atoms with van der Waals surface area (Å²) in [5.41, 5.74) is 3.39. The maximum absolute atomic E-state index is 12.4. The number of benzene rings is 2. The van der Waals surface area contributed by atoms with Crippen LogP contribution in [0.1, 0.15) is 50.6 Å². The van der Waals surface area contributed by atoms with Crippen molar-refractivity contribution >= 4 is 17.5 Å². The second-order valence-corrected chi connectivity index (χ2v) is 7.60.